The predicted octanol–water partition coefficient (Wildman–Crippen LogP) is 2.00. The summed E-state index contributed by atoms with van der Waals surface area (Å²) in [6.45, 7) is 6.75. The van der Waals surface area contributed by atoms with E-state index in [0.717, 1.165) is 19.4 Å². The number of rotatable bonds is 10. The molecule has 0 heterocycles. The van der Waals surface area contributed by atoms with Gasteiger partial charge in [0.05, 0.1) is 13.2 Å². The number of carbonyl (C=O) groups is 1. The monoisotopic (exact) mass is 292 g/mol. The Bertz CT molecular complexity index is 395. The fourth-order valence-electron chi connectivity index (χ4n) is 2.22. The van der Waals surface area contributed by atoms with Crippen LogP contribution >= 0.6 is 0 Å². The van der Waals surface area contributed by atoms with Crippen LogP contribution in [0, 0.1) is 0 Å². The van der Waals surface area contributed by atoms with Crippen LogP contribution in [0.4, 0.5) is 0 Å². The summed E-state index contributed by atoms with van der Waals surface area (Å²) < 4.78 is 0. The highest BCUT2D eigenvalue weighted by atomic mass is 16.3. The van der Waals surface area contributed by atoms with Crippen molar-refractivity contribution in [1.82, 2.24) is 10.2 Å². The highest BCUT2D eigenvalue weighted by Crippen LogP contribution is 2.12. The van der Waals surface area contributed by atoms with Gasteiger partial charge in [-0.25, -0.2) is 0 Å². The quantitative estimate of drug-likeness (QED) is 0.693. The Balaban J connectivity index is 2.34. The van der Waals surface area contributed by atoms with Crippen LogP contribution in [0.25, 0.3) is 0 Å². The zero-order chi connectivity index (χ0) is 15.5. The van der Waals surface area contributed by atoms with Crippen molar-refractivity contribution in [3.8, 4) is 0 Å². The highest BCUT2D eigenvalue weighted by molar-refractivity contribution is 5.78. The maximum absolute atomic E-state index is 12.0. The van der Waals surface area contributed by atoms with Gasteiger partial charge in [0, 0.05) is 13.1 Å². The average molecular weight is 292 g/mol. The number of nitrogens with one attached hydrogen (secondary N) is 1. The number of hydrogen-bond donors (Lipinski definition) is 2. The van der Waals surface area contributed by atoms with Crippen molar-refractivity contribution in [3.63, 3.8) is 0 Å². The van der Waals surface area contributed by atoms with Crippen LogP contribution in [-0.2, 0) is 4.79 Å². The molecule has 1 unspecified atom stereocenters. The van der Waals surface area contributed by atoms with Gasteiger partial charge >= 0.3 is 0 Å². The molecule has 0 fully saturated rings. The fourth-order valence-corrected chi connectivity index (χ4v) is 2.22. The third-order valence-corrected chi connectivity index (χ3v) is 3.59. The van der Waals surface area contributed by atoms with E-state index in [1.165, 1.54) is 5.56 Å². The molecule has 118 valence electrons. The molecule has 4 nitrogen and oxygen atoms in total. The largest absolute Gasteiger partial charge is 0.395 e. The summed E-state index contributed by atoms with van der Waals surface area (Å²) in [5.74, 6) is 0.333. The minimum Gasteiger partial charge on any atom is -0.395 e. The maximum Gasteiger partial charge on any atom is 0.234 e. The Hall–Kier alpha value is -1.39. The second kappa shape index (κ2) is 10.4. The highest BCUT2D eigenvalue weighted by Gasteiger charge is 2.11. The average Bonchev–Trinajstić information content (AvgIpc) is 2.51. The molecular formula is C17H28N2O2. The van der Waals surface area contributed by atoms with Crippen LogP contribution in [0.5, 0.6) is 0 Å². The van der Waals surface area contributed by atoms with Gasteiger partial charge in [0.15, 0.2) is 0 Å². The third-order valence-electron chi connectivity index (χ3n) is 3.59. The minimum atomic E-state index is 0.0299. The number of aliphatic hydroxyl groups is 1. The van der Waals surface area contributed by atoms with Gasteiger partial charge in [-0.3, -0.25) is 9.69 Å². The van der Waals surface area contributed by atoms with Crippen LogP contribution in [-0.4, -0.2) is 48.7 Å². The molecule has 0 aliphatic rings. The van der Waals surface area contributed by atoms with Crippen molar-refractivity contribution in [2.45, 2.75) is 32.6 Å². The number of aliphatic hydroxyl groups excluding tert-OH is 1. The van der Waals surface area contributed by atoms with Crippen molar-refractivity contribution in [3.05, 3.63) is 35.9 Å². The van der Waals surface area contributed by atoms with E-state index in [-0.39, 0.29) is 12.5 Å². The predicted molar refractivity (Wildman–Crippen MR) is 86.3 cm³/mol. The summed E-state index contributed by atoms with van der Waals surface area (Å²) in [4.78, 5) is 14.0. The van der Waals surface area contributed by atoms with Crippen molar-refractivity contribution in [1.29, 1.82) is 0 Å². The summed E-state index contributed by atoms with van der Waals surface area (Å²) in [7, 11) is 0. The second-order valence-corrected chi connectivity index (χ2v) is 5.47. The van der Waals surface area contributed by atoms with E-state index < -0.39 is 0 Å². The molecule has 1 rings (SSSR count). The van der Waals surface area contributed by atoms with E-state index in [1.807, 2.05) is 23.1 Å². The second-order valence-electron chi connectivity index (χ2n) is 5.47. The minimum absolute atomic E-state index is 0.0299. The SMILES string of the molecule is CCCCN(CCO)CC(=O)NCC(C)c1ccccc1. The van der Waals surface area contributed by atoms with Crippen molar-refractivity contribution < 1.29 is 9.90 Å². The third kappa shape index (κ3) is 7.25. The standard InChI is InChI=1S/C17H28N2O2/c1-3-4-10-19(11-12-20)14-17(21)18-13-15(2)16-8-6-5-7-9-16/h5-9,15,20H,3-4,10-14H2,1-2H3,(H,18,21). The molecule has 0 saturated carbocycles. The van der Waals surface area contributed by atoms with Crippen LogP contribution in [0.1, 0.15) is 38.2 Å². The summed E-state index contributed by atoms with van der Waals surface area (Å²) in [6.07, 6.45) is 2.14. The van der Waals surface area contributed by atoms with E-state index >= 15 is 0 Å². The Kier molecular flexibility index (Phi) is 8.71. The molecule has 0 aliphatic carbocycles. The Morgan fingerprint density at radius 2 is 2.00 bits per heavy atom. The molecule has 4 heteroatoms. The van der Waals surface area contributed by atoms with Gasteiger partial charge in [-0.05, 0) is 24.4 Å². The van der Waals surface area contributed by atoms with E-state index in [0.29, 0.717) is 25.6 Å². The lowest BCUT2D eigenvalue weighted by Crippen LogP contribution is -2.40. The molecule has 0 spiro atoms. The Labute approximate surface area is 128 Å². The van der Waals surface area contributed by atoms with Crippen LogP contribution < -0.4 is 5.32 Å². The summed E-state index contributed by atoms with van der Waals surface area (Å²) in [6, 6.07) is 10.2. The molecule has 0 saturated heterocycles. The topological polar surface area (TPSA) is 52.6 Å². The van der Waals surface area contributed by atoms with E-state index in [9.17, 15) is 4.79 Å². The van der Waals surface area contributed by atoms with E-state index in [4.69, 9.17) is 5.11 Å². The number of unbranched alkanes of at least 4 members (excludes halogenated alkanes) is 1. The van der Waals surface area contributed by atoms with E-state index in [1.54, 1.807) is 0 Å². The number of benzene rings is 1. The zero-order valence-corrected chi connectivity index (χ0v) is 13.2. The van der Waals surface area contributed by atoms with Crippen LogP contribution in [0.3, 0.4) is 0 Å². The first-order valence-electron chi connectivity index (χ1n) is 7.82. The van der Waals surface area contributed by atoms with E-state index in [2.05, 4.69) is 31.3 Å². The van der Waals surface area contributed by atoms with Crippen molar-refractivity contribution in [2.75, 3.05) is 32.8 Å². The van der Waals surface area contributed by atoms with Gasteiger partial charge in [-0.2, -0.15) is 0 Å². The molecule has 2 N–H and O–H groups in total. The van der Waals surface area contributed by atoms with Gasteiger partial charge in [-0.1, -0.05) is 50.6 Å². The lowest BCUT2D eigenvalue weighted by atomic mass is 10.0. The first-order valence-corrected chi connectivity index (χ1v) is 7.82. The first-order chi connectivity index (χ1) is 10.2. The number of nitrogens with zero attached hydrogens (tertiary/aromatic N) is 1. The van der Waals surface area contributed by atoms with Crippen LogP contribution in [0.2, 0.25) is 0 Å². The molecule has 1 aromatic rings. The van der Waals surface area contributed by atoms with Gasteiger partial charge in [0.2, 0.25) is 5.91 Å². The molecule has 0 aromatic heterocycles. The van der Waals surface area contributed by atoms with Crippen molar-refractivity contribution >= 4 is 5.91 Å². The number of amides is 1. The molecule has 0 bridgehead atoms. The van der Waals surface area contributed by atoms with Crippen molar-refractivity contribution in [2.24, 2.45) is 0 Å². The Morgan fingerprint density at radius 1 is 1.29 bits per heavy atom. The molecular weight excluding hydrogens is 264 g/mol. The van der Waals surface area contributed by atoms with Gasteiger partial charge in [-0.15, -0.1) is 0 Å². The summed E-state index contributed by atoms with van der Waals surface area (Å²) >= 11 is 0. The molecule has 0 aliphatic heterocycles. The molecule has 0 radical (unpaired) electrons. The molecule has 1 atom stereocenters. The lowest BCUT2D eigenvalue weighted by molar-refractivity contribution is -0.122. The van der Waals surface area contributed by atoms with Gasteiger partial charge < -0.3 is 10.4 Å². The molecule has 1 amide bonds. The Morgan fingerprint density at radius 3 is 2.62 bits per heavy atom. The zero-order valence-electron chi connectivity index (χ0n) is 13.2. The number of hydrogen-bond acceptors (Lipinski definition) is 3. The van der Waals surface area contributed by atoms with Gasteiger partial charge in [0.25, 0.3) is 0 Å². The molecule has 1 aromatic carbocycles. The first kappa shape index (κ1) is 17.7. The fraction of sp³-hybridized carbons (Fsp3) is 0.588. The lowest BCUT2D eigenvalue weighted by Gasteiger charge is -2.21. The normalized spacial score (nSPS) is 12.4. The van der Waals surface area contributed by atoms with Gasteiger partial charge in [0.1, 0.15) is 0 Å². The summed E-state index contributed by atoms with van der Waals surface area (Å²) in [5.41, 5.74) is 1.23. The summed E-state index contributed by atoms with van der Waals surface area (Å²) in [5, 5.41) is 12.0. The smallest absolute Gasteiger partial charge is 0.234 e. The number of carbonyl (C=O) groups excluding carboxylic acids is 1. The molecule has 21 heavy (non-hydrogen) atoms. The maximum atomic E-state index is 12.0. The van der Waals surface area contributed by atoms with Crippen LogP contribution in [0.15, 0.2) is 30.3 Å².